The predicted molar refractivity (Wildman–Crippen MR) is 78.3 cm³/mol. The molecule has 7 heteroatoms. The maximum absolute atomic E-state index is 11.4. The van der Waals surface area contributed by atoms with Gasteiger partial charge in [-0.25, -0.2) is 14.5 Å². The summed E-state index contributed by atoms with van der Waals surface area (Å²) in [5.41, 5.74) is -0.655. The molecule has 0 rings (SSSR count). The Balaban J connectivity index is 4.24. The third kappa shape index (κ3) is 10.2. The molecule has 0 spiro atoms. The maximum atomic E-state index is 11.4. The molecule has 0 aliphatic heterocycles. The summed E-state index contributed by atoms with van der Waals surface area (Å²) in [5.74, 6) is -2.26. The molecule has 0 bridgehead atoms. The van der Waals surface area contributed by atoms with E-state index < -0.39 is 23.5 Å². The Morgan fingerprint density at radius 2 is 1.55 bits per heavy atom. The van der Waals surface area contributed by atoms with Gasteiger partial charge in [0, 0.05) is 19.9 Å². The molecule has 0 atom stereocenters. The molecule has 0 aliphatic carbocycles. The van der Waals surface area contributed by atoms with Crippen LogP contribution in [0.25, 0.3) is 0 Å². The Kier molecular flexibility index (Phi) is 7.05. The van der Waals surface area contributed by atoms with Crippen molar-refractivity contribution in [3.8, 4) is 0 Å². The summed E-state index contributed by atoms with van der Waals surface area (Å²) in [5, 5.41) is 4.45. The highest BCUT2D eigenvalue weighted by atomic mass is 17.5. The summed E-state index contributed by atoms with van der Waals surface area (Å²) >= 11 is 0. The van der Waals surface area contributed by atoms with Gasteiger partial charge in [0.1, 0.15) is 5.60 Å². The summed E-state index contributed by atoms with van der Waals surface area (Å²) in [6, 6.07) is 0. The molecule has 22 heavy (non-hydrogen) atoms. The monoisotopic (exact) mass is 318 g/mol. The van der Waals surface area contributed by atoms with Gasteiger partial charge in [0.05, 0.1) is 0 Å². The van der Waals surface area contributed by atoms with Crippen LogP contribution < -0.4 is 0 Å². The molecule has 0 heterocycles. The van der Waals surface area contributed by atoms with Crippen molar-refractivity contribution in [1.29, 1.82) is 0 Å². The third-order valence-electron chi connectivity index (χ3n) is 2.16. The zero-order valence-electron chi connectivity index (χ0n) is 14.3. The fraction of sp³-hybridized carbons (Fsp3) is 0.733. The fourth-order valence-electron chi connectivity index (χ4n) is 1.97. The van der Waals surface area contributed by atoms with Crippen LogP contribution in [0.5, 0.6) is 0 Å². The topological polar surface area (TPSA) is 80.3 Å². The van der Waals surface area contributed by atoms with Crippen LogP contribution in [0, 0.1) is 5.41 Å². The molecule has 0 aromatic rings. The first-order valence-electron chi connectivity index (χ1n) is 6.87. The van der Waals surface area contributed by atoms with Crippen LogP contribution >= 0.6 is 0 Å². The zero-order valence-corrected chi connectivity index (χ0v) is 14.3. The molecule has 0 fully saturated rings. The van der Waals surface area contributed by atoms with Crippen molar-refractivity contribution in [2.75, 3.05) is 0 Å². The summed E-state index contributed by atoms with van der Waals surface area (Å²) in [4.78, 5) is 31.9. The Morgan fingerprint density at radius 1 is 1.00 bits per heavy atom. The lowest BCUT2D eigenvalue weighted by molar-refractivity contribution is -0.520. The summed E-state index contributed by atoms with van der Waals surface area (Å²) in [6.45, 7) is 15.7. The van der Waals surface area contributed by atoms with Crippen LogP contribution in [-0.4, -0.2) is 23.5 Å². The van der Waals surface area contributed by atoms with E-state index in [2.05, 4.69) is 16.5 Å². The normalized spacial score (nSPS) is 12.5. The minimum Gasteiger partial charge on any atom is -0.420 e. The quantitative estimate of drug-likeness (QED) is 0.233. The van der Waals surface area contributed by atoms with E-state index in [1.165, 1.54) is 13.8 Å². The second-order valence-electron chi connectivity index (χ2n) is 7.11. The van der Waals surface area contributed by atoms with Crippen molar-refractivity contribution < 1.29 is 33.9 Å². The minimum atomic E-state index is -1.52. The Labute approximate surface area is 131 Å². The molecular weight excluding hydrogens is 292 g/mol. The van der Waals surface area contributed by atoms with Crippen molar-refractivity contribution in [3.05, 3.63) is 12.7 Å². The van der Waals surface area contributed by atoms with E-state index in [4.69, 9.17) is 14.4 Å². The Morgan fingerprint density at radius 3 is 2.00 bits per heavy atom. The standard InChI is InChI=1S/C15H26O7/c1-9-11(16)18-15(7,8)19-12(17)20-22-21-14(5,6)10-13(2,3)4/h9H,1,10H2,2-8H3. The molecular formula is C15H26O7. The summed E-state index contributed by atoms with van der Waals surface area (Å²) < 4.78 is 9.56. The minimum absolute atomic E-state index is 0.00818. The molecule has 0 aromatic carbocycles. The van der Waals surface area contributed by atoms with E-state index in [1.54, 1.807) is 13.8 Å². The molecule has 0 amide bonds. The lowest BCUT2D eigenvalue weighted by atomic mass is 9.84. The smallest absolute Gasteiger partial charge is 0.420 e. The lowest BCUT2D eigenvalue weighted by Crippen LogP contribution is -2.34. The van der Waals surface area contributed by atoms with Gasteiger partial charge in [-0.05, 0) is 30.7 Å². The number of ether oxygens (including phenoxy) is 2. The number of hydrogen-bond donors (Lipinski definition) is 0. The average Bonchev–Trinajstić information content (AvgIpc) is 2.23. The molecule has 0 unspecified atom stereocenters. The highest BCUT2D eigenvalue weighted by molar-refractivity contribution is 5.81. The predicted octanol–water partition coefficient (Wildman–Crippen LogP) is 3.68. The summed E-state index contributed by atoms with van der Waals surface area (Å²) in [7, 11) is 0. The van der Waals surface area contributed by atoms with E-state index in [0.29, 0.717) is 6.42 Å². The van der Waals surface area contributed by atoms with Crippen LogP contribution in [0.15, 0.2) is 12.7 Å². The van der Waals surface area contributed by atoms with Gasteiger partial charge < -0.3 is 9.47 Å². The van der Waals surface area contributed by atoms with Gasteiger partial charge in [-0.3, -0.25) is 0 Å². The maximum Gasteiger partial charge on any atom is 0.545 e. The van der Waals surface area contributed by atoms with Gasteiger partial charge in [0.2, 0.25) is 0 Å². The Bertz CT molecular complexity index is 405. The number of esters is 1. The second-order valence-corrected chi connectivity index (χ2v) is 7.11. The molecule has 0 saturated carbocycles. The average molecular weight is 318 g/mol. The number of carbonyl (C=O) groups excluding carboxylic acids is 2. The highest BCUT2D eigenvalue weighted by Crippen LogP contribution is 2.29. The van der Waals surface area contributed by atoms with Crippen LogP contribution in [0.1, 0.15) is 54.9 Å². The first-order valence-corrected chi connectivity index (χ1v) is 6.87. The molecule has 0 aliphatic rings. The van der Waals surface area contributed by atoms with Gasteiger partial charge in [-0.1, -0.05) is 27.4 Å². The molecule has 0 saturated heterocycles. The van der Waals surface area contributed by atoms with Crippen molar-refractivity contribution in [2.45, 2.75) is 66.3 Å². The van der Waals surface area contributed by atoms with Gasteiger partial charge in [-0.15, -0.1) is 0 Å². The van der Waals surface area contributed by atoms with Crippen molar-refractivity contribution >= 4 is 12.1 Å². The van der Waals surface area contributed by atoms with Crippen LogP contribution in [0.3, 0.4) is 0 Å². The second kappa shape index (κ2) is 7.60. The molecule has 0 N–H and O–H groups in total. The zero-order chi connectivity index (χ0) is 17.6. The SMILES string of the molecule is C=CC(=O)OC(C)(C)OC(=O)OOOC(C)(C)CC(C)(C)C. The van der Waals surface area contributed by atoms with Gasteiger partial charge >= 0.3 is 12.1 Å². The molecule has 0 aromatic heterocycles. The van der Waals surface area contributed by atoms with E-state index in [0.717, 1.165) is 6.08 Å². The van der Waals surface area contributed by atoms with Crippen LogP contribution in [0.2, 0.25) is 0 Å². The largest absolute Gasteiger partial charge is 0.545 e. The number of carbonyl (C=O) groups is 2. The number of rotatable bonds is 7. The van der Waals surface area contributed by atoms with Gasteiger partial charge in [0.15, 0.2) is 0 Å². The lowest BCUT2D eigenvalue weighted by Gasteiger charge is -2.30. The van der Waals surface area contributed by atoms with E-state index in [1.807, 2.05) is 20.8 Å². The van der Waals surface area contributed by atoms with Crippen molar-refractivity contribution in [1.82, 2.24) is 0 Å². The molecule has 7 nitrogen and oxygen atoms in total. The first kappa shape index (κ1) is 20.4. The Hall–Kier alpha value is -1.60. The third-order valence-corrected chi connectivity index (χ3v) is 2.16. The van der Waals surface area contributed by atoms with Crippen molar-refractivity contribution in [2.24, 2.45) is 5.41 Å². The van der Waals surface area contributed by atoms with Gasteiger partial charge in [0.25, 0.3) is 5.79 Å². The van der Waals surface area contributed by atoms with Crippen molar-refractivity contribution in [3.63, 3.8) is 0 Å². The van der Waals surface area contributed by atoms with E-state index in [9.17, 15) is 9.59 Å². The fourth-order valence-corrected chi connectivity index (χ4v) is 1.97. The summed E-state index contributed by atoms with van der Waals surface area (Å²) in [6.07, 6.45) is 0.416. The first-order chi connectivity index (χ1) is 9.76. The van der Waals surface area contributed by atoms with Gasteiger partial charge in [-0.2, -0.15) is 4.89 Å². The number of hydrogen-bond acceptors (Lipinski definition) is 7. The molecule has 128 valence electrons. The highest BCUT2D eigenvalue weighted by Gasteiger charge is 2.31. The molecule has 0 radical (unpaired) electrons. The van der Waals surface area contributed by atoms with Crippen LogP contribution in [0.4, 0.5) is 4.79 Å². The van der Waals surface area contributed by atoms with E-state index >= 15 is 0 Å². The van der Waals surface area contributed by atoms with E-state index in [-0.39, 0.29) is 5.41 Å². The van der Waals surface area contributed by atoms with Crippen LogP contribution in [-0.2, 0) is 29.1 Å².